The lowest BCUT2D eigenvalue weighted by Crippen LogP contribution is -1.89. The van der Waals surface area contributed by atoms with Crippen molar-refractivity contribution in [3.05, 3.63) is 57.3 Å². The molecule has 5 aromatic heterocycles. The molecule has 0 aromatic carbocycles. The average Bonchev–Trinajstić information content (AvgIpc) is 3.73. The zero-order valence-electron chi connectivity index (χ0n) is 20.7. The topological polar surface area (TPSA) is 24.1 Å². The molecule has 0 unspecified atom stereocenters. The van der Waals surface area contributed by atoms with Gasteiger partial charge in [-0.3, -0.25) is 0 Å². The number of nitrogens with one attached hydrogen (secondary N) is 2. The second kappa shape index (κ2) is 10.3. The Morgan fingerprint density at radius 3 is 1.28 bits per heavy atom. The molecule has 0 fully saturated rings. The van der Waals surface area contributed by atoms with Crippen molar-refractivity contribution in [2.45, 2.75) is 53.4 Å². The molecule has 0 aliphatic carbocycles. The van der Waals surface area contributed by atoms with E-state index in [1.807, 2.05) is 56.7 Å². The summed E-state index contributed by atoms with van der Waals surface area (Å²) >= 11 is 11.3. The first kappa shape index (κ1) is 24.8. The van der Waals surface area contributed by atoms with Crippen molar-refractivity contribution in [3.8, 4) is 39.0 Å². The van der Waals surface area contributed by atoms with Crippen LogP contribution in [0.3, 0.4) is 0 Å². The van der Waals surface area contributed by atoms with Crippen LogP contribution in [-0.4, -0.2) is 0 Å². The Kier molecular flexibility index (Phi) is 7.09. The summed E-state index contributed by atoms with van der Waals surface area (Å²) in [6, 6.07) is 8.90. The van der Waals surface area contributed by atoms with Crippen molar-refractivity contribution in [3.63, 3.8) is 0 Å². The lowest BCUT2D eigenvalue weighted by atomic mass is 10.0. The minimum absolute atomic E-state index is 1.06. The first-order chi connectivity index (χ1) is 17.7. The van der Waals surface area contributed by atoms with Crippen molar-refractivity contribution in [2.75, 3.05) is 9.44 Å². The van der Waals surface area contributed by atoms with Gasteiger partial charge in [0.15, 0.2) is 0 Å². The van der Waals surface area contributed by atoms with Crippen LogP contribution in [0.1, 0.15) is 49.9 Å². The predicted molar refractivity (Wildman–Crippen MR) is 170 cm³/mol. The van der Waals surface area contributed by atoms with Crippen molar-refractivity contribution in [2.24, 2.45) is 0 Å². The fourth-order valence-corrected chi connectivity index (χ4v) is 12.2. The molecular weight excluding hydrogens is 557 g/mol. The van der Waals surface area contributed by atoms with Crippen LogP contribution in [0.4, 0.5) is 11.4 Å². The maximum Gasteiger partial charge on any atom is 0.0902 e. The van der Waals surface area contributed by atoms with Crippen LogP contribution in [0.15, 0.2) is 35.0 Å². The normalized spacial score (nSPS) is 12.7. The second-order valence-corrected chi connectivity index (χ2v) is 14.2. The molecule has 5 aromatic rings. The minimum atomic E-state index is 1.06. The van der Waals surface area contributed by atoms with Gasteiger partial charge in [0.1, 0.15) is 0 Å². The van der Waals surface area contributed by atoms with Gasteiger partial charge >= 0.3 is 0 Å². The number of fused-ring (bicyclic) bond motifs is 1. The van der Waals surface area contributed by atoms with Gasteiger partial charge in [-0.1, -0.05) is 39.8 Å². The van der Waals surface area contributed by atoms with Gasteiger partial charge in [-0.15, -0.1) is 56.7 Å². The van der Waals surface area contributed by atoms with E-state index in [1.54, 1.807) is 12.1 Å². The number of hydrogen-bond donors (Lipinski definition) is 2. The predicted octanol–water partition coefficient (Wildman–Crippen LogP) is 11.3. The summed E-state index contributed by atoms with van der Waals surface area (Å²) in [6.07, 6.45) is 4.26. The second-order valence-electron chi connectivity index (χ2n) is 8.62. The monoisotopic (exact) mass is 584 g/mol. The molecule has 0 atom stereocenters. The summed E-state index contributed by atoms with van der Waals surface area (Å²) in [5.74, 6) is 0. The number of thiophene rings is 5. The smallest absolute Gasteiger partial charge is 0.0902 e. The molecular formula is C28H28N2S6. The third-order valence-electron chi connectivity index (χ3n) is 6.76. The summed E-state index contributed by atoms with van der Waals surface area (Å²) in [5, 5.41) is 4.39. The van der Waals surface area contributed by atoms with E-state index in [0.29, 0.717) is 0 Å². The maximum absolute atomic E-state index is 3.62. The number of anilines is 2. The van der Waals surface area contributed by atoms with Crippen LogP contribution in [0.5, 0.6) is 0 Å². The Labute approximate surface area is 237 Å². The Bertz CT molecular complexity index is 1390. The van der Waals surface area contributed by atoms with Gasteiger partial charge in [0.25, 0.3) is 0 Å². The van der Waals surface area contributed by atoms with Crippen LogP contribution < -0.4 is 9.44 Å². The van der Waals surface area contributed by atoms with Crippen LogP contribution >= 0.6 is 68.8 Å². The van der Waals surface area contributed by atoms with Gasteiger partial charge in [-0.2, -0.15) is 0 Å². The highest BCUT2D eigenvalue weighted by Gasteiger charge is 2.31. The molecule has 2 nitrogen and oxygen atoms in total. The van der Waals surface area contributed by atoms with E-state index in [-0.39, 0.29) is 0 Å². The van der Waals surface area contributed by atoms with E-state index in [4.69, 9.17) is 0 Å². The van der Waals surface area contributed by atoms with Gasteiger partial charge in [0, 0.05) is 19.5 Å². The Morgan fingerprint density at radius 2 is 0.917 bits per heavy atom. The fourth-order valence-electron chi connectivity index (χ4n) is 5.15. The first-order valence-corrected chi connectivity index (χ1v) is 17.4. The Morgan fingerprint density at radius 1 is 0.528 bits per heavy atom. The molecule has 0 amide bonds. The average molecular weight is 585 g/mol. The standard InChI is InChI=1S/C28H28N2S6/c1-5-15-17(7-3)25(33-23(15)19-11-9-13-31-19)27-21-22(30-36-29-21)28(35-27)26-18(8-4)16(6-2)24(34-26)20-12-10-14-32-20/h9-14,29-30H,5-8H2,1-4H3. The number of rotatable bonds is 8. The summed E-state index contributed by atoms with van der Waals surface area (Å²) in [6.45, 7) is 9.24. The van der Waals surface area contributed by atoms with Crippen LogP contribution in [0.25, 0.3) is 39.0 Å². The lowest BCUT2D eigenvalue weighted by molar-refractivity contribution is 1.06. The SMILES string of the molecule is CCc1c(-c2cccs2)sc(-c2sc(-c3sc(-c4cccs4)c(CC)c3CC)c3c2NSN3)c1CC. The minimum Gasteiger partial charge on any atom is -0.309 e. The highest BCUT2D eigenvalue weighted by Crippen LogP contribution is 2.59. The highest BCUT2D eigenvalue weighted by molar-refractivity contribution is 8.02. The molecule has 0 saturated carbocycles. The largest absolute Gasteiger partial charge is 0.309 e. The first-order valence-electron chi connectivity index (χ1n) is 12.4. The van der Waals surface area contributed by atoms with Crippen molar-refractivity contribution >= 4 is 80.2 Å². The summed E-state index contributed by atoms with van der Waals surface area (Å²) < 4.78 is 7.25. The summed E-state index contributed by atoms with van der Waals surface area (Å²) in [7, 11) is 0. The molecule has 1 aliphatic rings. The van der Waals surface area contributed by atoms with E-state index in [2.05, 4.69) is 72.2 Å². The number of hydrogen-bond acceptors (Lipinski definition) is 8. The molecule has 0 saturated heterocycles. The molecule has 0 bridgehead atoms. The fraction of sp³-hybridized carbons (Fsp3) is 0.286. The molecule has 6 heterocycles. The molecule has 186 valence electrons. The van der Waals surface area contributed by atoms with Crippen molar-refractivity contribution in [1.29, 1.82) is 0 Å². The van der Waals surface area contributed by atoms with Gasteiger partial charge in [-0.05, 0) is 70.8 Å². The molecule has 1 aliphatic heterocycles. The van der Waals surface area contributed by atoms with E-state index >= 15 is 0 Å². The van der Waals surface area contributed by atoms with Crippen LogP contribution in [-0.2, 0) is 25.7 Å². The van der Waals surface area contributed by atoms with Crippen molar-refractivity contribution in [1.82, 2.24) is 0 Å². The highest BCUT2D eigenvalue weighted by atomic mass is 32.2. The van der Waals surface area contributed by atoms with Gasteiger partial charge in [0.2, 0.25) is 0 Å². The Balaban J connectivity index is 1.56. The van der Waals surface area contributed by atoms with Gasteiger partial charge in [0.05, 0.1) is 43.0 Å². The molecule has 0 radical (unpaired) electrons. The molecule has 2 N–H and O–H groups in total. The van der Waals surface area contributed by atoms with E-state index in [1.165, 1.54) is 72.6 Å². The third kappa shape index (κ3) is 3.92. The molecule has 6 rings (SSSR count). The molecule has 0 spiro atoms. The quantitative estimate of drug-likeness (QED) is 0.177. The van der Waals surface area contributed by atoms with Crippen molar-refractivity contribution < 1.29 is 0 Å². The molecule has 8 heteroatoms. The summed E-state index contributed by atoms with van der Waals surface area (Å²) in [5.41, 5.74) is 8.64. The van der Waals surface area contributed by atoms with Crippen LogP contribution in [0.2, 0.25) is 0 Å². The molecule has 36 heavy (non-hydrogen) atoms. The Hall–Kier alpha value is -1.55. The van der Waals surface area contributed by atoms with E-state index < -0.39 is 0 Å². The summed E-state index contributed by atoms with van der Waals surface area (Å²) in [4.78, 5) is 11.4. The maximum atomic E-state index is 3.62. The third-order valence-corrected chi connectivity index (χ3v) is 13.5. The van der Waals surface area contributed by atoms with E-state index in [9.17, 15) is 0 Å². The van der Waals surface area contributed by atoms with E-state index in [0.717, 1.165) is 25.7 Å². The van der Waals surface area contributed by atoms with Gasteiger partial charge < -0.3 is 9.44 Å². The van der Waals surface area contributed by atoms with Crippen LogP contribution in [0, 0.1) is 0 Å². The van der Waals surface area contributed by atoms with Gasteiger partial charge in [-0.25, -0.2) is 0 Å². The zero-order chi connectivity index (χ0) is 24.8. The lowest BCUT2D eigenvalue weighted by Gasteiger charge is -2.05. The zero-order valence-corrected chi connectivity index (χ0v) is 25.6.